The predicted octanol–water partition coefficient (Wildman–Crippen LogP) is 1.97. The van der Waals surface area contributed by atoms with Gasteiger partial charge in [0.05, 0.1) is 5.69 Å². The van der Waals surface area contributed by atoms with Crippen LogP contribution >= 0.6 is 0 Å². The van der Waals surface area contributed by atoms with E-state index in [9.17, 15) is 9.59 Å². The molecule has 0 saturated carbocycles. The molecular weight excluding hydrogens is 240 g/mol. The molecule has 0 aliphatic rings. The van der Waals surface area contributed by atoms with Crippen LogP contribution in [-0.2, 0) is 6.54 Å². The Morgan fingerprint density at radius 3 is 2.37 bits per heavy atom. The Balaban J connectivity index is 2.47. The fourth-order valence-corrected chi connectivity index (χ4v) is 1.85. The van der Waals surface area contributed by atoms with Crippen molar-refractivity contribution < 1.29 is 9.59 Å². The molecule has 1 heterocycles. The summed E-state index contributed by atoms with van der Waals surface area (Å²) < 4.78 is 0. The van der Waals surface area contributed by atoms with E-state index in [2.05, 4.69) is 4.98 Å². The number of pyridine rings is 1. The third-order valence-electron chi connectivity index (χ3n) is 2.80. The van der Waals surface area contributed by atoms with Gasteiger partial charge in [-0.25, -0.2) is 4.98 Å². The Bertz CT molecular complexity index is 636. The van der Waals surface area contributed by atoms with Crippen molar-refractivity contribution in [2.75, 3.05) is 0 Å². The number of hydrogen-bond donors (Lipinski definition) is 1. The number of carbonyl (C=O) groups is 2. The van der Waals surface area contributed by atoms with Crippen LogP contribution in [0.2, 0.25) is 0 Å². The first-order valence-electron chi connectivity index (χ1n) is 5.94. The minimum absolute atomic E-state index is 0.140. The van der Waals surface area contributed by atoms with Crippen molar-refractivity contribution in [1.29, 1.82) is 0 Å². The van der Waals surface area contributed by atoms with E-state index < -0.39 is 0 Å². The van der Waals surface area contributed by atoms with Gasteiger partial charge in [-0.3, -0.25) is 9.59 Å². The maximum Gasteiger partial charge on any atom is 0.212 e. The molecule has 2 rings (SSSR count). The summed E-state index contributed by atoms with van der Waals surface area (Å²) in [5.74, 6) is -0.403. The van der Waals surface area contributed by atoms with Crippen LogP contribution < -0.4 is 5.73 Å². The highest BCUT2D eigenvalue weighted by Crippen LogP contribution is 2.14. The molecule has 0 amide bonds. The zero-order valence-corrected chi connectivity index (χ0v) is 10.6. The van der Waals surface area contributed by atoms with Gasteiger partial charge in [0, 0.05) is 17.7 Å². The number of carbonyl (C=O) groups excluding carboxylic acids is 2. The molecule has 96 valence electrons. The second-order valence-corrected chi connectivity index (χ2v) is 4.15. The number of aromatic nitrogens is 1. The Kier molecular flexibility index (Phi) is 3.82. The van der Waals surface area contributed by atoms with E-state index in [0.717, 1.165) is 0 Å². The molecule has 4 nitrogen and oxygen atoms in total. The summed E-state index contributed by atoms with van der Waals surface area (Å²) in [7, 11) is 0. The maximum absolute atomic E-state index is 12.4. The van der Waals surface area contributed by atoms with E-state index in [0.29, 0.717) is 22.5 Å². The third kappa shape index (κ3) is 2.74. The zero-order chi connectivity index (χ0) is 13.8. The molecule has 0 spiro atoms. The van der Waals surface area contributed by atoms with Gasteiger partial charge in [-0.2, -0.15) is 0 Å². The average Bonchev–Trinajstić information content (AvgIpc) is 2.46. The van der Waals surface area contributed by atoms with Crippen LogP contribution in [0.1, 0.15) is 39.0 Å². The van der Waals surface area contributed by atoms with Gasteiger partial charge in [-0.05, 0) is 19.1 Å². The molecule has 2 aromatic rings. The lowest BCUT2D eigenvalue weighted by Crippen LogP contribution is -2.11. The van der Waals surface area contributed by atoms with Crippen LogP contribution in [0.15, 0.2) is 42.5 Å². The topological polar surface area (TPSA) is 73.0 Å². The molecule has 0 unspecified atom stereocenters. The fourth-order valence-electron chi connectivity index (χ4n) is 1.85. The summed E-state index contributed by atoms with van der Waals surface area (Å²) in [5.41, 5.74) is 7.24. The van der Waals surface area contributed by atoms with Crippen LogP contribution in [0.25, 0.3) is 0 Å². The lowest BCUT2D eigenvalue weighted by atomic mass is 9.99. The van der Waals surface area contributed by atoms with Crippen molar-refractivity contribution in [1.82, 2.24) is 4.98 Å². The minimum Gasteiger partial charge on any atom is -0.325 e. The van der Waals surface area contributed by atoms with Crippen LogP contribution in [-0.4, -0.2) is 16.6 Å². The highest BCUT2D eigenvalue weighted by Gasteiger charge is 2.16. The molecule has 0 aliphatic heterocycles. The molecule has 0 saturated heterocycles. The number of ketones is 2. The summed E-state index contributed by atoms with van der Waals surface area (Å²) in [4.78, 5) is 28.1. The first-order chi connectivity index (χ1) is 9.13. The number of rotatable bonds is 4. The summed E-state index contributed by atoms with van der Waals surface area (Å²) in [6.07, 6.45) is 0. The largest absolute Gasteiger partial charge is 0.325 e. The van der Waals surface area contributed by atoms with Crippen molar-refractivity contribution in [3.8, 4) is 0 Å². The molecule has 0 aliphatic carbocycles. The lowest BCUT2D eigenvalue weighted by molar-refractivity contribution is 0.0988. The second-order valence-electron chi connectivity index (χ2n) is 4.15. The molecular formula is C15H14N2O2. The normalized spacial score (nSPS) is 10.2. The van der Waals surface area contributed by atoms with Gasteiger partial charge in [0.1, 0.15) is 5.69 Å². The summed E-state index contributed by atoms with van der Waals surface area (Å²) in [6, 6.07) is 11.9. The van der Waals surface area contributed by atoms with Gasteiger partial charge in [-0.15, -0.1) is 0 Å². The van der Waals surface area contributed by atoms with Crippen molar-refractivity contribution in [2.45, 2.75) is 13.5 Å². The molecule has 0 radical (unpaired) electrons. The third-order valence-corrected chi connectivity index (χ3v) is 2.80. The second kappa shape index (κ2) is 5.54. The van der Waals surface area contributed by atoms with Crippen LogP contribution in [0.3, 0.4) is 0 Å². The average molecular weight is 254 g/mol. The molecule has 19 heavy (non-hydrogen) atoms. The van der Waals surface area contributed by atoms with Crippen LogP contribution in [0, 0.1) is 0 Å². The first-order valence-corrected chi connectivity index (χ1v) is 5.94. The van der Waals surface area contributed by atoms with E-state index in [1.54, 1.807) is 42.5 Å². The lowest BCUT2D eigenvalue weighted by Gasteiger charge is -2.06. The van der Waals surface area contributed by atoms with Gasteiger partial charge in [0.25, 0.3) is 0 Å². The Hall–Kier alpha value is -2.33. The quantitative estimate of drug-likeness (QED) is 0.847. The van der Waals surface area contributed by atoms with Crippen molar-refractivity contribution in [2.24, 2.45) is 5.73 Å². The SMILES string of the molecule is CC(=O)c1ccccc1C(=O)c1cccc(CN)n1. The standard InChI is InChI=1S/C15H14N2O2/c1-10(18)12-6-2-3-7-13(12)15(19)14-8-4-5-11(9-16)17-14/h2-8H,9,16H2,1H3. The molecule has 2 N–H and O–H groups in total. The molecule has 0 atom stereocenters. The zero-order valence-electron chi connectivity index (χ0n) is 10.6. The summed E-state index contributed by atoms with van der Waals surface area (Å²) in [5, 5.41) is 0. The van der Waals surface area contributed by atoms with E-state index in [-0.39, 0.29) is 18.1 Å². The van der Waals surface area contributed by atoms with Gasteiger partial charge >= 0.3 is 0 Å². The number of nitrogens with two attached hydrogens (primary N) is 1. The molecule has 1 aromatic heterocycles. The van der Waals surface area contributed by atoms with Gasteiger partial charge in [0.2, 0.25) is 5.78 Å². The van der Waals surface area contributed by atoms with Crippen molar-refractivity contribution in [3.63, 3.8) is 0 Å². The molecule has 0 bridgehead atoms. The van der Waals surface area contributed by atoms with Crippen molar-refractivity contribution in [3.05, 3.63) is 65.0 Å². The van der Waals surface area contributed by atoms with Gasteiger partial charge in [-0.1, -0.05) is 30.3 Å². The number of benzene rings is 1. The number of Topliss-reactive ketones (excluding diaryl/α,β-unsaturated/α-hetero) is 1. The monoisotopic (exact) mass is 254 g/mol. The highest BCUT2D eigenvalue weighted by atomic mass is 16.1. The van der Waals surface area contributed by atoms with E-state index in [4.69, 9.17) is 5.73 Å². The molecule has 0 fully saturated rings. The molecule has 4 heteroatoms. The number of hydrogen-bond acceptors (Lipinski definition) is 4. The van der Waals surface area contributed by atoms with E-state index in [1.807, 2.05) is 0 Å². The Morgan fingerprint density at radius 1 is 1.05 bits per heavy atom. The Morgan fingerprint density at radius 2 is 1.74 bits per heavy atom. The van der Waals surface area contributed by atoms with E-state index >= 15 is 0 Å². The fraction of sp³-hybridized carbons (Fsp3) is 0.133. The van der Waals surface area contributed by atoms with E-state index in [1.165, 1.54) is 6.92 Å². The molecule has 1 aromatic carbocycles. The van der Waals surface area contributed by atoms with Gasteiger partial charge < -0.3 is 5.73 Å². The van der Waals surface area contributed by atoms with Crippen molar-refractivity contribution >= 4 is 11.6 Å². The maximum atomic E-state index is 12.4. The minimum atomic E-state index is -0.263. The Labute approximate surface area is 111 Å². The summed E-state index contributed by atoms with van der Waals surface area (Å²) >= 11 is 0. The number of nitrogens with zero attached hydrogens (tertiary/aromatic N) is 1. The predicted molar refractivity (Wildman–Crippen MR) is 72.0 cm³/mol. The first kappa shape index (κ1) is 13.1. The summed E-state index contributed by atoms with van der Waals surface area (Å²) in [6.45, 7) is 1.71. The van der Waals surface area contributed by atoms with Crippen LogP contribution in [0.5, 0.6) is 0 Å². The van der Waals surface area contributed by atoms with Crippen LogP contribution in [0.4, 0.5) is 0 Å². The van der Waals surface area contributed by atoms with Gasteiger partial charge in [0.15, 0.2) is 5.78 Å². The highest BCUT2D eigenvalue weighted by molar-refractivity contribution is 6.14. The smallest absolute Gasteiger partial charge is 0.212 e.